The second-order valence-electron chi connectivity index (χ2n) is 5.53. The summed E-state index contributed by atoms with van der Waals surface area (Å²) >= 11 is 2.33. The van der Waals surface area contributed by atoms with Crippen molar-refractivity contribution in [1.82, 2.24) is 4.57 Å². The quantitative estimate of drug-likeness (QED) is 0.590. The molecular weight excluding hydrogens is 401 g/mol. The highest BCUT2D eigenvalue weighted by Crippen LogP contribution is 2.32. The number of carbonyl (C=O) groups is 1. The zero-order valence-corrected chi connectivity index (χ0v) is 14.7. The number of rotatable bonds is 3. The Balaban J connectivity index is 1.90. The van der Waals surface area contributed by atoms with Crippen LogP contribution in [-0.4, -0.2) is 17.5 Å². The third-order valence-electron chi connectivity index (χ3n) is 4.24. The van der Waals surface area contributed by atoms with Gasteiger partial charge in [0.1, 0.15) is 5.75 Å². The van der Waals surface area contributed by atoms with E-state index in [9.17, 15) is 4.79 Å². The van der Waals surface area contributed by atoms with Crippen LogP contribution in [0.1, 0.15) is 21.5 Å². The topological polar surface area (TPSA) is 31.2 Å². The molecule has 2 aromatic carbocycles. The van der Waals surface area contributed by atoms with Gasteiger partial charge in [-0.05, 0) is 52.4 Å². The summed E-state index contributed by atoms with van der Waals surface area (Å²) in [7, 11) is 1.69. The number of ketones is 1. The molecule has 4 rings (SSSR count). The first-order valence-corrected chi connectivity index (χ1v) is 8.42. The molecule has 114 valence electrons. The molecule has 0 fully saturated rings. The van der Waals surface area contributed by atoms with Crippen LogP contribution in [0.2, 0.25) is 0 Å². The number of halogens is 1. The van der Waals surface area contributed by atoms with E-state index in [2.05, 4.69) is 39.3 Å². The van der Waals surface area contributed by atoms with Crippen molar-refractivity contribution in [2.75, 3.05) is 7.11 Å². The van der Waals surface area contributed by atoms with Gasteiger partial charge in [0.25, 0.3) is 0 Å². The van der Waals surface area contributed by atoms with Crippen LogP contribution in [0.15, 0.2) is 48.7 Å². The molecule has 1 aliphatic rings. The average molecular weight is 415 g/mol. The van der Waals surface area contributed by atoms with Crippen LogP contribution < -0.4 is 4.74 Å². The fraction of sp³-hybridized carbons (Fsp3) is 0.105. The minimum atomic E-state index is 0.0715. The lowest BCUT2D eigenvalue weighted by Gasteiger charge is -2.12. The van der Waals surface area contributed by atoms with E-state index in [1.807, 2.05) is 36.5 Å². The predicted molar refractivity (Wildman–Crippen MR) is 100 cm³/mol. The van der Waals surface area contributed by atoms with Gasteiger partial charge in [-0.2, -0.15) is 0 Å². The largest absolute Gasteiger partial charge is 0.496 e. The van der Waals surface area contributed by atoms with E-state index in [0.29, 0.717) is 6.54 Å². The number of hydrogen-bond acceptors (Lipinski definition) is 2. The lowest BCUT2D eigenvalue weighted by molar-refractivity contribution is 0.104. The maximum Gasteiger partial charge on any atom is 0.188 e. The number of hydrogen-bond donors (Lipinski definition) is 0. The molecule has 0 bridgehead atoms. The first kappa shape index (κ1) is 14.5. The third kappa shape index (κ3) is 2.28. The molecular formula is C19H14INO2. The van der Waals surface area contributed by atoms with Gasteiger partial charge in [0.15, 0.2) is 5.78 Å². The van der Waals surface area contributed by atoms with Gasteiger partial charge in [-0.15, -0.1) is 0 Å². The molecule has 1 aromatic heterocycles. The predicted octanol–water partition coefficient (Wildman–Crippen LogP) is 4.51. The van der Waals surface area contributed by atoms with Crippen LogP contribution in [0.4, 0.5) is 0 Å². The van der Waals surface area contributed by atoms with Gasteiger partial charge in [0, 0.05) is 31.8 Å². The molecule has 0 saturated heterocycles. The van der Waals surface area contributed by atoms with Gasteiger partial charge >= 0.3 is 0 Å². The van der Waals surface area contributed by atoms with Gasteiger partial charge in [-0.1, -0.05) is 24.3 Å². The number of nitrogens with zero attached hydrogens (tertiary/aromatic N) is 1. The van der Waals surface area contributed by atoms with Crippen LogP contribution in [0, 0.1) is 3.57 Å². The van der Waals surface area contributed by atoms with Gasteiger partial charge in [-0.3, -0.25) is 4.79 Å². The number of allylic oxidation sites excluding steroid dienone is 1. The standard InChI is InChI=1S/C19H14INO2/c1-23-18-7-3-5-15(20)13(18)10-21-11-14-17(22)9-8-12-4-2-6-16(21)19(12)14/h2-9,11H,10H2,1H3. The molecule has 3 nitrogen and oxygen atoms in total. The number of benzene rings is 2. The minimum absolute atomic E-state index is 0.0715. The summed E-state index contributed by atoms with van der Waals surface area (Å²) in [6, 6.07) is 12.2. The van der Waals surface area contributed by atoms with Crippen molar-refractivity contribution in [2.45, 2.75) is 6.54 Å². The molecule has 0 radical (unpaired) electrons. The van der Waals surface area contributed by atoms with Crippen molar-refractivity contribution in [3.63, 3.8) is 0 Å². The van der Waals surface area contributed by atoms with Gasteiger partial charge in [0.05, 0.1) is 13.7 Å². The second kappa shape index (κ2) is 5.53. The molecule has 1 aliphatic carbocycles. The van der Waals surface area contributed by atoms with E-state index < -0.39 is 0 Å². The van der Waals surface area contributed by atoms with Gasteiger partial charge in [-0.25, -0.2) is 0 Å². The Labute approximate surface area is 147 Å². The van der Waals surface area contributed by atoms with Crippen molar-refractivity contribution < 1.29 is 9.53 Å². The maximum atomic E-state index is 12.2. The molecule has 0 saturated carbocycles. The summed E-state index contributed by atoms with van der Waals surface area (Å²) in [6.45, 7) is 0.676. The van der Waals surface area contributed by atoms with E-state index in [1.54, 1.807) is 13.2 Å². The number of aromatic nitrogens is 1. The number of carbonyl (C=O) groups excluding carboxylic acids is 1. The first-order valence-electron chi connectivity index (χ1n) is 7.34. The average Bonchev–Trinajstić information content (AvgIpc) is 2.94. The Morgan fingerprint density at radius 2 is 1.96 bits per heavy atom. The van der Waals surface area contributed by atoms with E-state index in [4.69, 9.17) is 4.74 Å². The maximum absolute atomic E-state index is 12.2. The Morgan fingerprint density at radius 1 is 1.13 bits per heavy atom. The second-order valence-corrected chi connectivity index (χ2v) is 6.69. The van der Waals surface area contributed by atoms with Crippen molar-refractivity contribution in [2.24, 2.45) is 0 Å². The van der Waals surface area contributed by atoms with Crippen molar-refractivity contribution in [1.29, 1.82) is 0 Å². The Hall–Kier alpha value is -2.08. The summed E-state index contributed by atoms with van der Waals surface area (Å²) in [5.74, 6) is 0.943. The zero-order valence-electron chi connectivity index (χ0n) is 12.5. The minimum Gasteiger partial charge on any atom is -0.496 e. The smallest absolute Gasteiger partial charge is 0.188 e. The molecule has 4 heteroatoms. The molecule has 3 aromatic rings. The van der Waals surface area contributed by atoms with Gasteiger partial charge in [0.2, 0.25) is 0 Å². The van der Waals surface area contributed by atoms with E-state index in [0.717, 1.165) is 36.9 Å². The lowest BCUT2D eigenvalue weighted by atomic mass is 9.98. The van der Waals surface area contributed by atoms with Crippen LogP contribution >= 0.6 is 22.6 Å². The van der Waals surface area contributed by atoms with Crippen molar-refractivity contribution >= 4 is 45.4 Å². The lowest BCUT2D eigenvalue weighted by Crippen LogP contribution is -2.03. The highest BCUT2D eigenvalue weighted by atomic mass is 127. The first-order chi connectivity index (χ1) is 11.2. The SMILES string of the molecule is COc1cccc(I)c1Cn1cc2c3c(cccc31)C=CC2=O. The molecule has 0 aliphatic heterocycles. The summed E-state index contributed by atoms with van der Waals surface area (Å²) in [4.78, 5) is 12.2. The summed E-state index contributed by atoms with van der Waals surface area (Å²) in [5, 5.41) is 1.05. The molecule has 0 spiro atoms. The zero-order chi connectivity index (χ0) is 16.0. The fourth-order valence-corrected chi connectivity index (χ4v) is 3.79. The van der Waals surface area contributed by atoms with Crippen LogP contribution in [0.5, 0.6) is 5.75 Å². The molecule has 23 heavy (non-hydrogen) atoms. The highest BCUT2D eigenvalue weighted by molar-refractivity contribution is 14.1. The Kier molecular flexibility index (Phi) is 3.49. The number of ether oxygens (including phenoxy) is 1. The summed E-state index contributed by atoms with van der Waals surface area (Å²) < 4.78 is 8.79. The summed E-state index contributed by atoms with van der Waals surface area (Å²) in [5.41, 5.74) is 4.09. The normalized spacial score (nSPS) is 12.9. The monoisotopic (exact) mass is 415 g/mol. The van der Waals surface area contributed by atoms with Crippen LogP contribution in [0.3, 0.4) is 0 Å². The summed E-state index contributed by atoms with van der Waals surface area (Å²) in [6.07, 6.45) is 5.51. The number of methoxy groups -OCH3 is 1. The third-order valence-corrected chi connectivity index (χ3v) is 5.25. The molecule has 0 unspecified atom stereocenters. The Morgan fingerprint density at radius 3 is 2.78 bits per heavy atom. The van der Waals surface area contributed by atoms with Gasteiger partial charge < -0.3 is 9.30 Å². The molecule has 0 amide bonds. The fourth-order valence-electron chi connectivity index (χ4n) is 3.15. The molecule has 0 N–H and O–H groups in total. The van der Waals surface area contributed by atoms with E-state index in [-0.39, 0.29) is 5.78 Å². The highest BCUT2D eigenvalue weighted by Gasteiger charge is 2.19. The van der Waals surface area contributed by atoms with Crippen molar-refractivity contribution in [3.05, 3.63) is 68.9 Å². The van der Waals surface area contributed by atoms with Crippen LogP contribution in [0.25, 0.3) is 17.0 Å². The van der Waals surface area contributed by atoms with E-state index >= 15 is 0 Å². The van der Waals surface area contributed by atoms with E-state index in [1.165, 1.54) is 0 Å². The van der Waals surface area contributed by atoms with Crippen molar-refractivity contribution in [3.8, 4) is 5.75 Å². The van der Waals surface area contributed by atoms with Crippen LogP contribution in [-0.2, 0) is 6.54 Å². The molecule has 1 heterocycles. The Bertz CT molecular complexity index is 969. The molecule has 0 atom stereocenters.